The second kappa shape index (κ2) is 6.29. The summed E-state index contributed by atoms with van der Waals surface area (Å²) in [5.41, 5.74) is 1.48. The lowest BCUT2D eigenvalue weighted by molar-refractivity contribution is 0.0938. The average molecular weight is 281 g/mol. The summed E-state index contributed by atoms with van der Waals surface area (Å²) in [7, 11) is 0. The Morgan fingerprint density at radius 2 is 2.21 bits per heavy atom. The topological polar surface area (TPSA) is 41.1 Å². The molecule has 2 unspecified atom stereocenters. The standard InChI is InChI=1S/C15H21ClN2O/c1-3-17-14-7-5-11(16)9-13(14)15(19)18-12-6-4-10(2)8-12/h5,7,9-10,12,17H,3-4,6,8H2,1-2H3,(H,18,19). The average Bonchev–Trinajstić information content (AvgIpc) is 2.77. The molecule has 1 aromatic carbocycles. The lowest BCUT2D eigenvalue weighted by atomic mass is 10.1. The van der Waals surface area contributed by atoms with Gasteiger partial charge in [-0.05, 0) is 50.3 Å². The van der Waals surface area contributed by atoms with E-state index < -0.39 is 0 Å². The molecule has 1 fully saturated rings. The molecule has 0 radical (unpaired) electrons. The summed E-state index contributed by atoms with van der Waals surface area (Å²) in [6.07, 6.45) is 3.34. The van der Waals surface area contributed by atoms with Gasteiger partial charge in [0.1, 0.15) is 0 Å². The molecule has 2 atom stereocenters. The lowest BCUT2D eigenvalue weighted by Gasteiger charge is -2.15. The predicted octanol–water partition coefficient (Wildman–Crippen LogP) is 3.69. The third-order valence-electron chi connectivity index (χ3n) is 3.62. The highest BCUT2D eigenvalue weighted by Crippen LogP contribution is 2.26. The molecule has 2 N–H and O–H groups in total. The minimum atomic E-state index is -0.0300. The number of amides is 1. The van der Waals surface area contributed by atoms with Crippen molar-refractivity contribution in [3.8, 4) is 0 Å². The van der Waals surface area contributed by atoms with Crippen molar-refractivity contribution in [3.05, 3.63) is 28.8 Å². The molecule has 2 rings (SSSR count). The zero-order valence-corrected chi connectivity index (χ0v) is 12.3. The number of halogens is 1. The van der Waals surface area contributed by atoms with Crippen LogP contribution in [0.3, 0.4) is 0 Å². The summed E-state index contributed by atoms with van der Waals surface area (Å²) < 4.78 is 0. The Morgan fingerprint density at radius 1 is 1.42 bits per heavy atom. The van der Waals surface area contributed by atoms with Gasteiger partial charge in [0, 0.05) is 23.3 Å². The highest BCUT2D eigenvalue weighted by Gasteiger charge is 2.24. The fourth-order valence-corrected chi connectivity index (χ4v) is 2.82. The Morgan fingerprint density at radius 3 is 2.84 bits per heavy atom. The van der Waals surface area contributed by atoms with Crippen molar-refractivity contribution >= 4 is 23.2 Å². The van der Waals surface area contributed by atoms with Gasteiger partial charge in [0.25, 0.3) is 5.91 Å². The molecule has 0 spiro atoms. The smallest absolute Gasteiger partial charge is 0.253 e. The van der Waals surface area contributed by atoms with E-state index >= 15 is 0 Å². The maximum Gasteiger partial charge on any atom is 0.253 e. The fourth-order valence-electron chi connectivity index (χ4n) is 2.65. The SMILES string of the molecule is CCNc1ccc(Cl)cc1C(=O)NC1CCC(C)C1. The van der Waals surface area contributed by atoms with Gasteiger partial charge in [0.2, 0.25) is 0 Å². The minimum absolute atomic E-state index is 0.0300. The number of carbonyl (C=O) groups excluding carboxylic acids is 1. The van der Waals surface area contributed by atoms with E-state index in [9.17, 15) is 4.79 Å². The summed E-state index contributed by atoms with van der Waals surface area (Å²) >= 11 is 5.99. The van der Waals surface area contributed by atoms with Gasteiger partial charge in [-0.2, -0.15) is 0 Å². The van der Waals surface area contributed by atoms with Crippen molar-refractivity contribution in [3.63, 3.8) is 0 Å². The molecule has 0 heterocycles. The molecule has 1 aromatic rings. The van der Waals surface area contributed by atoms with Crippen molar-refractivity contribution in [2.24, 2.45) is 5.92 Å². The van der Waals surface area contributed by atoms with Gasteiger partial charge >= 0.3 is 0 Å². The zero-order chi connectivity index (χ0) is 13.8. The van der Waals surface area contributed by atoms with Gasteiger partial charge in [-0.1, -0.05) is 18.5 Å². The van der Waals surface area contributed by atoms with E-state index in [1.165, 1.54) is 6.42 Å². The van der Waals surface area contributed by atoms with Crippen LogP contribution >= 0.6 is 11.6 Å². The second-order valence-electron chi connectivity index (χ2n) is 5.31. The van der Waals surface area contributed by atoms with E-state index in [-0.39, 0.29) is 5.91 Å². The molecular weight excluding hydrogens is 260 g/mol. The Hall–Kier alpha value is -1.22. The van der Waals surface area contributed by atoms with Gasteiger partial charge in [-0.25, -0.2) is 0 Å². The molecule has 19 heavy (non-hydrogen) atoms. The number of hydrogen-bond acceptors (Lipinski definition) is 2. The minimum Gasteiger partial charge on any atom is -0.385 e. The van der Waals surface area contributed by atoms with Crippen LogP contribution in [0.1, 0.15) is 43.5 Å². The number of carbonyl (C=O) groups is 1. The van der Waals surface area contributed by atoms with E-state index in [1.54, 1.807) is 12.1 Å². The molecule has 1 saturated carbocycles. The van der Waals surface area contributed by atoms with Crippen molar-refractivity contribution in [2.45, 2.75) is 39.2 Å². The van der Waals surface area contributed by atoms with E-state index in [2.05, 4.69) is 17.6 Å². The number of anilines is 1. The maximum atomic E-state index is 12.3. The zero-order valence-electron chi connectivity index (χ0n) is 11.5. The Balaban J connectivity index is 2.11. The molecule has 3 nitrogen and oxygen atoms in total. The quantitative estimate of drug-likeness (QED) is 0.883. The Bertz CT molecular complexity index is 461. The molecule has 1 amide bonds. The molecule has 0 saturated heterocycles. The van der Waals surface area contributed by atoms with Gasteiger partial charge in [-0.3, -0.25) is 4.79 Å². The molecule has 0 aromatic heterocycles. The number of nitrogens with one attached hydrogen (secondary N) is 2. The summed E-state index contributed by atoms with van der Waals surface area (Å²) in [5.74, 6) is 0.676. The van der Waals surface area contributed by atoms with Gasteiger partial charge < -0.3 is 10.6 Å². The Kier molecular flexibility index (Phi) is 4.70. The summed E-state index contributed by atoms with van der Waals surface area (Å²) in [6.45, 7) is 5.02. The first-order valence-electron chi connectivity index (χ1n) is 6.94. The van der Waals surface area contributed by atoms with Gasteiger partial charge in [0.15, 0.2) is 0 Å². The molecule has 1 aliphatic rings. The van der Waals surface area contributed by atoms with Crippen LogP contribution in [-0.2, 0) is 0 Å². The number of hydrogen-bond donors (Lipinski definition) is 2. The van der Waals surface area contributed by atoms with Crippen LogP contribution < -0.4 is 10.6 Å². The monoisotopic (exact) mass is 280 g/mol. The molecule has 104 valence electrons. The third-order valence-corrected chi connectivity index (χ3v) is 3.86. The van der Waals surface area contributed by atoms with Crippen molar-refractivity contribution in [1.82, 2.24) is 5.32 Å². The van der Waals surface area contributed by atoms with Crippen LogP contribution in [0.4, 0.5) is 5.69 Å². The summed E-state index contributed by atoms with van der Waals surface area (Å²) in [4.78, 5) is 12.3. The van der Waals surface area contributed by atoms with E-state index in [1.807, 2.05) is 13.0 Å². The largest absolute Gasteiger partial charge is 0.385 e. The molecule has 1 aliphatic carbocycles. The third kappa shape index (κ3) is 3.63. The summed E-state index contributed by atoms with van der Waals surface area (Å²) in [5, 5.41) is 6.90. The highest BCUT2D eigenvalue weighted by atomic mass is 35.5. The van der Waals surface area contributed by atoms with Crippen LogP contribution in [0.5, 0.6) is 0 Å². The van der Waals surface area contributed by atoms with Crippen molar-refractivity contribution < 1.29 is 4.79 Å². The van der Waals surface area contributed by atoms with Crippen molar-refractivity contribution in [1.29, 1.82) is 0 Å². The Labute approximate surface area is 119 Å². The van der Waals surface area contributed by atoms with Crippen LogP contribution in [-0.4, -0.2) is 18.5 Å². The fraction of sp³-hybridized carbons (Fsp3) is 0.533. The molecule has 4 heteroatoms. The van der Waals surface area contributed by atoms with Crippen LogP contribution in [0, 0.1) is 5.92 Å². The van der Waals surface area contributed by atoms with Crippen molar-refractivity contribution in [2.75, 3.05) is 11.9 Å². The van der Waals surface area contributed by atoms with Crippen LogP contribution in [0.25, 0.3) is 0 Å². The van der Waals surface area contributed by atoms with E-state index in [0.717, 1.165) is 25.1 Å². The summed E-state index contributed by atoms with van der Waals surface area (Å²) in [6, 6.07) is 5.69. The van der Waals surface area contributed by atoms with E-state index in [0.29, 0.717) is 22.5 Å². The van der Waals surface area contributed by atoms with Crippen LogP contribution in [0.2, 0.25) is 5.02 Å². The number of benzene rings is 1. The van der Waals surface area contributed by atoms with E-state index in [4.69, 9.17) is 11.6 Å². The first-order chi connectivity index (χ1) is 9.10. The highest BCUT2D eigenvalue weighted by molar-refractivity contribution is 6.31. The van der Waals surface area contributed by atoms with Gasteiger partial charge in [-0.15, -0.1) is 0 Å². The van der Waals surface area contributed by atoms with Crippen LogP contribution in [0.15, 0.2) is 18.2 Å². The lowest BCUT2D eigenvalue weighted by Crippen LogP contribution is -2.33. The molecular formula is C15H21ClN2O. The molecule has 0 aliphatic heterocycles. The first-order valence-corrected chi connectivity index (χ1v) is 7.32. The molecule has 0 bridgehead atoms. The number of rotatable bonds is 4. The normalized spacial score (nSPS) is 22.3. The predicted molar refractivity (Wildman–Crippen MR) is 79.9 cm³/mol. The maximum absolute atomic E-state index is 12.3. The second-order valence-corrected chi connectivity index (χ2v) is 5.75. The first kappa shape index (κ1) is 14.2. The van der Waals surface area contributed by atoms with Gasteiger partial charge in [0.05, 0.1) is 5.56 Å².